The first kappa shape index (κ1) is 18.3. The van der Waals surface area contributed by atoms with E-state index in [9.17, 15) is 4.79 Å². The molecule has 136 valence electrons. The van der Waals surface area contributed by atoms with Crippen LogP contribution in [0.15, 0.2) is 61.2 Å². The molecule has 1 heterocycles. The topological polar surface area (TPSA) is 75.1 Å². The molecule has 0 bridgehead atoms. The summed E-state index contributed by atoms with van der Waals surface area (Å²) in [6, 6.07) is 14.6. The minimum absolute atomic E-state index is 0.242. The van der Waals surface area contributed by atoms with Crippen molar-refractivity contribution in [3.8, 4) is 11.4 Å². The standard InChI is InChI=1S/C22H21N3O2/c1-4-6-19-15(3)23-20(17-8-5-7-14(2)13-17)25-21(19)24-18-11-9-16(10-12-18)22(26)27/h4-5,7-13H,1,6H2,2-3H3,(H,26,27)(H,23,24,25). The van der Waals surface area contributed by atoms with Gasteiger partial charge < -0.3 is 10.4 Å². The first-order valence-corrected chi connectivity index (χ1v) is 8.63. The van der Waals surface area contributed by atoms with E-state index in [0.29, 0.717) is 18.1 Å². The van der Waals surface area contributed by atoms with E-state index in [2.05, 4.69) is 16.9 Å². The lowest BCUT2D eigenvalue weighted by Gasteiger charge is -2.14. The van der Waals surface area contributed by atoms with Crippen molar-refractivity contribution >= 4 is 17.5 Å². The Hall–Kier alpha value is -3.47. The number of nitrogens with one attached hydrogen (secondary N) is 1. The minimum Gasteiger partial charge on any atom is -0.478 e. The second-order valence-corrected chi connectivity index (χ2v) is 6.33. The van der Waals surface area contributed by atoms with Crippen molar-refractivity contribution in [3.63, 3.8) is 0 Å². The lowest BCUT2D eigenvalue weighted by Crippen LogP contribution is -2.06. The molecule has 5 nitrogen and oxygen atoms in total. The first-order chi connectivity index (χ1) is 13.0. The fourth-order valence-electron chi connectivity index (χ4n) is 2.83. The molecule has 27 heavy (non-hydrogen) atoms. The van der Waals surface area contributed by atoms with Crippen LogP contribution in [0.1, 0.15) is 27.2 Å². The van der Waals surface area contributed by atoms with E-state index in [1.807, 2.05) is 44.2 Å². The Labute approximate surface area is 158 Å². The van der Waals surface area contributed by atoms with Gasteiger partial charge in [-0.05, 0) is 50.6 Å². The zero-order valence-electron chi connectivity index (χ0n) is 15.4. The minimum atomic E-state index is -0.950. The number of hydrogen-bond acceptors (Lipinski definition) is 4. The summed E-state index contributed by atoms with van der Waals surface area (Å²) < 4.78 is 0. The van der Waals surface area contributed by atoms with Gasteiger partial charge in [0.1, 0.15) is 5.82 Å². The lowest BCUT2D eigenvalue weighted by atomic mass is 10.1. The van der Waals surface area contributed by atoms with Crippen LogP contribution in [0, 0.1) is 13.8 Å². The first-order valence-electron chi connectivity index (χ1n) is 8.63. The van der Waals surface area contributed by atoms with E-state index < -0.39 is 5.97 Å². The smallest absolute Gasteiger partial charge is 0.335 e. The molecule has 2 N–H and O–H groups in total. The Balaban J connectivity index is 2.03. The van der Waals surface area contributed by atoms with E-state index in [1.165, 1.54) is 0 Å². The summed E-state index contributed by atoms with van der Waals surface area (Å²) in [6.07, 6.45) is 2.45. The van der Waals surface area contributed by atoms with Crippen molar-refractivity contribution in [1.82, 2.24) is 9.97 Å². The third-order valence-corrected chi connectivity index (χ3v) is 4.23. The third-order valence-electron chi connectivity index (χ3n) is 4.23. The number of hydrogen-bond donors (Lipinski definition) is 2. The van der Waals surface area contributed by atoms with Crippen molar-refractivity contribution in [2.24, 2.45) is 0 Å². The van der Waals surface area contributed by atoms with Gasteiger partial charge in [-0.3, -0.25) is 0 Å². The van der Waals surface area contributed by atoms with Crippen LogP contribution in [-0.4, -0.2) is 21.0 Å². The molecule has 0 spiro atoms. The van der Waals surface area contributed by atoms with Crippen molar-refractivity contribution in [2.75, 3.05) is 5.32 Å². The summed E-state index contributed by atoms with van der Waals surface area (Å²) >= 11 is 0. The van der Waals surface area contributed by atoms with Gasteiger partial charge in [0.25, 0.3) is 0 Å². The Morgan fingerprint density at radius 1 is 1.15 bits per heavy atom. The largest absolute Gasteiger partial charge is 0.478 e. The number of carboxylic acid groups (broad SMARTS) is 1. The van der Waals surface area contributed by atoms with Crippen LogP contribution in [0.3, 0.4) is 0 Å². The van der Waals surface area contributed by atoms with Crippen molar-refractivity contribution in [3.05, 3.63) is 83.6 Å². The molecule has 0 atom stereocenters. The van der Waals surface area contributed by atoms with Gasteiger partial charge in [-0.1, -0.05) is 29.8 Å². The number of carbonyl (C=O) groups is 1. The summed E-state index contributed by atoms with van der Waals surface area (Å²) in [4.78, 5) is 20.4. The van der Waals surface area contributed by atoms with Crippen LogP contribution in [0.4, 0.5) is 11.5 Å². The number of carboxylic acids is 1. The van der Waals surface area contributed by atoms with E-state index >= 15 is 0 Å². The summed E-state index contributed by atoms with van der Waals surface area (Å²) in [5.74, 6) is 0.393. The molecule has 0 fully saturated rings. The van der Waals surface area contributed by atoms with Crippen molar-refractivity contribution in [1.29, 1.82) is 0 Å². The average Bonchev–Trinajstić information content (AvgIpc) is 2.64. The number of aromatic nitrogens is 2. The van der Waals surface area contributed by atoms with Crippen LogP contribution < -0.4 is 5.32 Å². The fraction of sp³-hybridized carbons (Fsp3) is 0.136. The van der Waals surface area contributed by atoms with Gasteiger partial charge in [0.15, 0.2) is 5.82 Å². The quantitative estimate of drug-likeness (QED) is 0.610. The highest BCUT2D eigenvalue weighted by Gasteiger charge is 2.13. The zero-order valence-corrected chi connectivity index (χ0v) is 15.4. The maximum absolute atomic E-state index is 11.0. The molecule has 3 rings (SSSR count). The third kappa shape index (κ3) is 4.20. The highest BCUT2D eigenvalue weighted by Crippen LogP contribution is 2.26. The summed E-state index contributed by atoms with van der Waals surface area (Å²) in [5.41, 5.74) is 4.94. The fourth-order valence-corrected chi connectivity index (χ4v) is 2.83. The monoisotopic (exact) mass is 359 g/mol. The molecule has 0 aliphatic carbocycles. The molecule has 0 saturated carbocycles. The number of rotatable bonds is 6. The van der Waals surface area contributed by atoms with Gasteiger partial charge in [-0.2, -0.15) is 0 Å². The number of allylic oxidation sites excluding steroid dienone is 1. The molecule has 1 aromatic heterocycles. The maximum Gasteiger partial charge on any atom is 0.335 e. The van der Waals surface area contributed by atoms with Gasteiger partial charge >= 0.3 is 5.97 Å². The highest BCUT2D eigenvalue weighted by molar-refractivity contribution is 5.88. The van der Waals surface area contributed by atoms with E-state index in [-0.39, 0.29) is 5.56 Å². The number of benzene rings is 2. The number of anilines is 2. The molecule has 5 heteroatoms. The van der Waals surface area contributed by atoms with Crippen LogP contribution in [0.25, 0.3) is 11.4 Å². The van der Waals surface area contributed by atoms with Crippen LogP contribution >= 0.6 is 0 Å². The van der Waals surface area contributed by atoms with E-state index in [4.69, 9.17) is 10.1 Å². The number of nitrogens with zero attached hydrogens (tertiary/aromatic N) is 2. The molecular formula is C22H21N3O2. The van der Waals surface area contributed by atoms with Crippen LogP contribution in [-0.2, 0) is 6.42 Å². The lowest BCUT2D eigenvalue weighted by molar-refractivity contribution is 0.0697. The molecule has 3 aromatic rings. The van der Waals surface area contributed by atoms with Gasteiger partial charge in [0.2, 0.25) is 0 Å². The zero-order chi connectivity index (χ0) is 19.4. The van der Waals surface area contributed by atoms with Crippen LogP contribution in [0.2, 0.25) is 0 Å². The molecule has 0 unspecified atom stereocenters. The molecule has 2 aromatic carbocycles. The predicted molar refractivity (Wildman–Crippen MR) is 108 cm³/mol. The number of aryl methyl sites for hydroxylation is 2. The van der Waals surface area contributed by atoms with E-state index in [0.717, 1.165) is 28.1 Å². The second kappa shape index (κ2) is 7.83. The summed E-state index contributed by atoms with van der Waals surface area (Å²) in [6.45, 7) is 7.81. The predicted octanol–water partition coefficient (Wildman–Crippen LogP) is 4.93. The molecule has 0 saturated heterocycles. The highest BCUT2D eigenvalue weighted by atomic mass is 16.4. The second-order valence-electron chi connectivity index (χ2n) is 6.33. The average molecular weight is 359 g/mol. The SMILES string of the molecule is C=CCc1c(C)nc(-c2cccc(C)c2)nc1Nc1ccc(C(=O)O)cc1. The van der Waals surface area contributed by atoms with Gasteiger partial charge in [0, 0.05) is 22.5 Å². The maximum atomic E-state index is 11.0. The Morgan fingerprint density at radius 2 is 1.89 bits per heavy atom. The van der Waals surface area contributed by atoms with Gasteiger partial charge in [-0.25, -0.2) is 14.8 Å². The summed E-state index contributed by atoms with van der Waals surface area (Å²) in [7, 11) is 0. The van der Waals surface area contributed by atoms with Gasteiger partial charge in [-0.15, -0.1) is 6.58 Å². The molecular weight excluding hydrogens is 338 g/mol. The molecule has 0 aliphatic rings. The Bertz CT molecular complexity index is 995. The summed E-state index contributed by atoms with van der Waals surface area (Å²) in [5, 5.41) is 12.3. The Morgan fingerprint density at radius 3 is 2.52 bits per heavy atom. The van der Waals surface area contributed by atoms with Crippen molar-refractivity contribution < 1.29 is 9.90 Å². The van der Waals surface area contributed by atoms with Gasteiger partial charge in [0.05, 0.1) is 5.56 Å². The molecule has 0 aliphatic heterocycles. The molecule has 0 amide bonds. The normalized spacial score (nSPS) is 10.4. The van der Waals surface area contributed by atoms with Crippen LogP contribution in [0.5, 0.6) is 0 Å². The van der Waals surface area contributed by atoms with Crippen molar-refractivity contribution in [2.45, 2.75) is 20.3 Å². The van der Waals surface area contributed by atoms with E-state index in [1.54, 1.807) is 24.3 Å². The number of aromatic carboxylic acids is 1. The molecule has 0 radical (unpaired) electrons. The Kier molecular flexibility index (Phi) is 5.31.